The van der Waals surface area contributed by atoms with E-state index in [1.807, 2.05) is 24.3 Å². The number of halogens is 2. The van der Waals surface area contributed by atoms with Crippen LogP contribution in [0.15, 0.2) is 53.0 Å². The molecule has 8 heteroatoms. The summed E-state index contributed by atoms with van der Waals surface area (Å²) >= 11 is 9.44. The molecule has 2 unspecified atom stereocenters. The van der Waals surface area contributed by atoms with Crippen molar-refractivity contribution in [2.24, 2.45) is 0 Å². The maximum atomic E-state index is 13.1. The maximum absolute atomic E-state index is 13.1. The second-order valence-electron chi connectivity index (χ2n) is 6.19. The summed E-state index contributed by atoms with van der Waals surface area (Å²) < 4.78 is 25.3. The number of carbonyl (C=O) groups excluding carboxylic acids is 1. The minimum atomic E-state index is -3.21. The molecule has 0 radical (unpaired) electrons. The van der Waals surface area contributed by atoms with Crippen LogP contribution in [0.25, 0.3) is 0 Å². The Labute approximate surface area is 159 Å². The van der Waals surface area contributed by atoms with Gasteiger partial charge in [-0.2, -0.15) is 0 Å². The van der Waals surface area contributed by atoms with E-state index in [2.05, 4.69) is 15.9 Å². The molecule has 4 rings (SSSR count). The number of sulfone groups is 1. The highest BCUT2D eigenvalue weighted by Crippen LogP contribution is 2.38. The SMILES string of the molecule is O=C1N(c2ccc(Br)cc2)C2CS(=O)(=O)CC2N1c1cccc(Cl)c1. The fourth-order valence-electron chi connectivity index (χ4n) is 3.54. The quantitative estimate of drug-likeness (QED) is 0.668. The molecule has 2 aliphatic rings. The molecular formula is C17H14BrClN2O3S. The Morgan fingerprint density at radius 2 is 1.56 bits per heavy atom. The zero-order valence-corrected chi connectivity index (χ0v) is 16.1. The fraction of sp³-hybridized carbons (Fsp3) is 0.235. The van der Waals surface area contributed by atoms with Crippen molar-refractivity contribution in [3.05, 3.63) is 58.0 Å². The van der Waals surface area contributed by atoms with E-state index in [1.54, 1.807) is 34.1 Å². The predicted octanol–water partition coefficient (Wildman–Crippen LogP) is 3.71. The molecule has 2 atom stereocenters. The Balaban J connectivity index is 1.81. The molecule has 2 aromatic carbocycles. The van der Waals surface area contributed by atoms with Crippen LogP contribution in [-0.4, -0.2) is 38.0 Å². The number of fused-ring (bicyclic) bond motifs is 1. The number of nitrogens with zero attached hydrogens (tertiary/aromatic N) is 2. The van der Waals surface area contributed by atoms with Crippen molar-refractivity contribution < 1.29 is 13.2 Å². The van der Waals surface area contributed by atoms with Crippen molar-refractivity contribution >= 4 is 54.8 Å². The summed E-state index contributed by atoms with van der Waals surface area (Å²) in [6.07, 6.45) is 0. The van der Waals surface area contributed by atoms with Crippen LogP contribution in [0, 0.1) is 0 Å². The lowest BCUT2D eigenvalue weighted by Gasteiger charge is -2.22. The number of benzene rings is 2. The second kappa shape index (κ2) is 6.00. The summed E-state index contributed by atoms with van der Waals surface area (Å²) in [4.78, 5) is 16.3. The van der Waals surface area contributed by atoms with Gasteiger partial charge >= 0.3 is 6.03 Å². The van der Waals surface area contributed by atoms with E-state index in [1.165, 1.54) is 0 Å². The molecule has 0 bridgehead atoms. The van der Waals surface area contributed by atoms with Crippen LogP contribution in [0.1, 0.15) is 0 Å². The smallest absolute Gasteiger partial charge is 0.288 e. The van der Waals surface area contributed by atoms with Crippen molar-refractivity contribution in [2.75, 3.05) is 21.3 Å². The zero-order valence-electron chi connectivity index (χ0n) is 13.0. The van der Waals surface area contributed by atoms with E-state index in [-0.39, 0.29) is 17.5 Å². The zero-order chi connectivity index (χ0) is 17.8. The van der Waals surface area contributed by atoms with Crippen LogP contribution < -0.4 is 9.80 Å². The fourth-order valence-corrected chi connectivity index (χ4v) is 5.90. The average molecular weight is 442 g/mol. The third kappa shape index (κ3) is 2.94. The van der Waals surface area contributed by atoms with Gasteiger partial charge in [0.05, 0.1) is 23.6 Å². The Hall–Kier alpha value is -1.57. The largest absolute Gasteiger partial charge is 0.329 e. The molecule has 130 valence electrons. The van der Waals surface area contributed by atoms with E-state index in [0.717, 1.165) is 4.47 Å². The van der Waals surface area contributed by atoms with Gasteiger partial charge in [0.25, 0.3) is 0 Å². The number of hydrogen-bond acceptors (Lipinski definition) is 3. The van der Waals surface area contributed by atoms with E-state index < -0.39 is 21.9 Å². The number of carbonyl (C=O) groups is 1. The monoisotopic (exact) mass is 440 g/mol. The van der Waals surface area contributed by atoms with Gasteiger partial charge in [0.1, 0.15) is 0 Å². The molecule has 25 heavy (non-hydrogen) atoms. The first-order valence-corrected chi connectivity index (χ1v) is 10.7. The summed E-state index contributed by atoms with van der Waals surface area (Å²) in [5.41, 5.74) is 1.30. The minimum Gasteiger partial charge on any atom is -0.288 e. The predicted molar refractivity (Wildman–Crippen MR) is 102 cm³/mol. The van der Waals surface area contributed by atoms with Crippen LogP contribution in [0.4, 0.5) is 16.2 Å². The summed E-state index contributed by atoms with van der Waals surface area (Å²) in [5.74, 6) is -0.0700. The summed E-state index contributed by atoms with van der Waals surface area (Å²) in [6.45, 7) is 0. The first kappa shape index (κ1) is 16.9. The van der Waals surface area contributed by atoms with Crippen LogP contribution >= 0.6 is 27.5 Å². The van der Waals surface area contributed by atoms with Gasteiger partial charge in [-0.15, -0.1) is 0 Å². The molecule has 2 heterocycles. The Bertz CT molecular complexity index is 949. The van der Waals surface area contributed by atoms with Gasteiger partial charge in [0, 0.05) is 20.9 Å². The van der Waals surface area contributed by atoms with Crippen molar-refractivity contribution in [1.82, 2.24) is 0 Å². The number of urea groups is 1. The number of hydrogen-bond donors (Lipinski definition) is 0. The summed E-state index contributed by atoms with van der Waals surface area (Å²) in [5, 5.41) is 0.504. The van der Waals surface area contributed by atoms with Gasteiger partial charge in [-0.3, -0.25) is 9.80 Å². The highest BCUT2D eigenvalue weighted by atomic mass is 79.9. The van der Waals surface area contributed by atoms with E-state index in [9.17, 15) is 13.2 Å². The van der Waals surface area contributed by atoms with E-state index >= 15 is 0 Å². The highest BCUT2D eigenvalue weighted by molar-refractivity contribution is 9.10. The molecule has 5 nitrogen and oxygen atoms in total. The third-order valence-corrected chi connectivity index (χ3v) is 7.02. The molecule has 2 fully saturated rings. The topological polar surface area (TPSA) is 57.7 Å². The van der Waals surface area contributed by atoms with Gasteiger partial charge < -0.3 is 0 Å². The Morgan fingerprint density at radius 3 is 2.16 bits per heavy atom. The lowest BCUT2D eigenvalue weighted by atomic mass is 10.1. The molecule has 0 aromatic heterocycles. The molecular weight excluding hydrogens is 428 g/mol. The van der Waals surface area contributed by atoms with Crippen LogP contribution in [0.3, 0.4) is 0 Å². The number of anilines is 2. The van der Waals surface area contributed by atoms with Crippen molar-refractivity contribution in [2.45, 2.75) is 12.1 Å². The molecule has 0 saturated carbocycles. The second-order valence-corrected chi connectivity index (χ2v) is 9.70. The Kier molecular flexibility index (Phi) is 4.05. The first-order valence-electron chi connectivity index (χ1n) is 7.70. The lowest BCUT2D eigenvalue weighted by Crippen LogP contribution is -2.37. The van der Waals surface area contributed by atoms with Gasteiger partial charge in [-0.25, -0.2) is 13.2 Å². The molecule has 0 N–H and O–H groups in total. The molecule has 2 amide bonds. The minimum absolute atomic E-state index is 0.0312. The number of amides is 2. The van der Waals surface area contributed by atoms with Crippen molar-refractivity contribution in [1.29, 1.82) is 0 Å². The van der Waals surface area contributed by atoms with Crippen LogP contribution in [-0.2, 0) is 9.84 Å². The molecule has 0 spiro atoms. The third-order valence-electron chi connectivity index (χ3n) is 4.56. The van der Waals surface area contributed by atoms with Gasteiger partial charge in [-0.05, 0) is 42.5 Å². The van der Waals surface area contributed by atoms with Crippen LogP contribution in [0.2, 0.25) is 5.02 Å². The standard InChI is InChI=1S/C17H14BrClN2O3S/c18-11-4-6-13(7-5-11)20-15-9-25(23,24)10-16(15)21(17(20)22)14-3-1-2-12(19)8-14/h1-8,15-16H,9-10H2. The highest BCUT2D eigenvalue weighted by Gasteiger charge is 2.54. The van der Waals surface area contributed by atoms with Crippen molar-refractivity contribution in [3.8, 4) is 0 Å². The van der Waals surface area contributed by atoms with Crippen LogP contribution in [0.5, 0.6) is 0 Å². The van der Waals surface area contributed by atoms with Gasteiger partial charge in [-0.1, -0.05) is 33.6 Å². The summed E-state index contributed by atoms with van der Waals surface area (Å²) in [6, 6.07) is 13.2. The lowest BCUT2D eigenvalue weighted by molar-refractivity contribution is 0.255. The molecule has 0 aliphatic carbocycles. The van der Waals surface area contributed by atoms with Crippen molar-refractivity contribution in [3.63, 3.8) is 0 Å². The number of rotatable bonds is 2. The molecule has 2 aromatic rings. The Morgan fingerprint density at radius 1 is 0.960 bits per heavy atom. The van der Waals surface area contributed by atoms with Gasteiger partial charge in [0.2, 0.25) is 0 Å². The first-order chi connectivity index (χ1) is 11.9. The summed E-state index contributed by atoms with van der Waals surface area (Å²) in [7, 11) is -3.21. The van der Waals surface area contributed by atoms with E-state index in [4.69, 9.17) is 11.6 Å². The van der Waals surface area contributed by atoms with Gasteiger partial charge in [0.15, 0.2) is 9.84 Å². The molecule has 2 aliphatic heterocycles. The van der Waals surface area contributed by atoms with E-state index in [0.29, 0.717) is 16.4 Å². The maximum Gasteiger partial charge on any atom is 0.329 e. The average Bonchev–Trinajstić information content (AvgIpc) is 2.97. The normalized spacial score (nSPS) is 24.6. The molecule has 2 saturated heterocycles.